The first-order valence-electron chi connectivity index (χ1n) is 18.0. The molecule has 1 saturated carbocycles. The second-order valence-corrected chi connectivity index (χ2v) is 15.2. The lowest BCUT2D eigenvalue weighted by Gasteiger charge is -2.50. The molecule has 2 aliphatic carbocycles. The van der Waals surface area contributed by atoms with Crippen molar-refractivity contribution in [3.05, 3.63) is 133 Å². The Hall–Kier alpha value is -6.61. The topological polar surface area (TPSA) is 194 Å². The summed E-state index contributed by atoms with van der Waals surface area (Å²) in [4.78, 5) is 85.4. The number of hydrogen-bond donors (Lipinski definition) is 1. The van der Waals surface area contributed by atoms with Crippen molar-refractivity contribution in [3.8, 4) is 11.5 Å². The first-order chi connectivity index (χ1) is 27.2. The van der Waals surface area contributed by atoms with Crippen LogP contribution in [-0.2, 0) is 24.6 Å². The number of benzene rings is 4. The molecule has 0 radical (unpaired) electrons. The van der Waals surface area contributed by atoms with Gasteiger partial charge in [0, 0.05) is 37.2 Å². The molecule has 4 aromatic rings. The van der Waals surface area contributed by atoms with E-state index in [0.717, 1.165) is 21.9 Å². The number of imide groups is 2. The van der Waals surface area contributed by atoms with Crippen molar-refractivity contribution < 1.29 is 38.9 Å². The third-order valence-corrected chi connectivity index (χ3v) is 12.1. The van der Waals surface area contributed by atoms with Gasteiger partial charge >= 0.3 is 11.4 Å². The van der Waals surface area contributed by atoms with Crippen LogP contribution < -0.4 is 19.4 Å². The van der Waals surface area contributed by atoms with Gasteiger partial charge in [0.2, 0.25) is 23.6 Å². The van der Waals surface area contributed by atoms with Gasteiger partial charge in [-0.05, 0) is 60.2 Å². The SMILES string of the molecule is COc1ccc([C@H]2C3=CC[C@@H]4C(=O)N(c5cc([N+](=O)[O-])c(N(C)C)c([N+](=O)[O-])c5)C(=O)[C@@H]4[C@@H]3C[C@H]3C(=O)N(c4cccc(Cl)c4)C(=O)[C@@]23c2ccccc2)cc1O. The second kappa shape index (κ2) is 13.5. The Kier molecular flexibility index (Phi) is 8.87. The highest BCUT2D eigenvalue weighted by Gasteiger charge is 2.70. The molecule has 0 unspecified atom stereocenters. The Balaban J connectivity index is 1.33. The third-order valence-electron chi connectivity index (χ3n) is 11.9. The third kappa shape index (κ3) is 5.39. The van der Waals surface area contributed by atoms with Gasteiger partial charge in [-0.15, -0.1) is 0 Å². The molecule has 8 rings (SSSR count). The van der Waals surface area contributed by atoms with Crippen LogP contribution in [0.25, 0.3) is 0 Å². The van der Waals surface area contributed by atoms with Crippen molar-refractivity contribution in [2.24, 2.45) is 23.7 Å². The van der Waals surface area contributed by atoms with Gasteiger partial charge in [-0.3, -0.25) is 39.4 Å². The average Bonchev–Trinajstić information content (AvgIpc) is 3.58. The van der Waals surface area contributed by atoms with E-state index in [1.807, 2.05) is 6.08 Å². The van der Waals surface area contributed by atoms with Crippen LogP contribution in [-0.4, -0.2) is 59.8 Å². The number of nitro groups is 2. The van der Waals surface area contributed by atoms with Gasteiger partial charge in [0.15, 0.2) is 17.2 Å². The summed E-state index contributed by atoms with van der Waals surface area (Å²) in [6.07, 6.45) is 1.79. The maximum atomic E-state index is 15.4. The fourth-order valence-electron chi connectivity index (χ4n) is 9.72. The molecule has 1 N–H and O–H groups in total. The number of nitrogens with zero attached hydrogens (tertiary/aromatic N) is 5. The number of phenols is 1. The Bertz CT molecular complexity index is 2440. The largest absolute Gasteiger partial charge is 0.504 e. The van der Waals surface area contributed by atoms with Crippen molar-refractivity contribution in [1.29, 1.82) is 0 Å². The molecule has 4 aromatic carbocycles. The maximum Gasteiger partial charge on any atom is 0.301 e. The summed E-state index contributed by atoms with van der Waals surface area (Å²) in [6.45, 7) is 0. The Morgan fingerprint density at radius 2 is 1.51 bits per heavy atom. The molecule has 0 bridgehead atoms. The minimum absolute atomic E-state index is 0.0197. The van der Waals surface area contributed by atoms with Gasteiger partial charge in [-0.25, -0.2) is 9.80 Å². The van der Waals surface area contributed by atoms with Crippen LogP contribution in [0.2, 0.25) is 5.02 Å². The minimum atomic E-state index is -1.61. The number of nitro benzene ring substituents is 2. The van der Waals surface area contributed by atoms with E-state index in [1.54, 1.807) is 60.7 Å². The number of methoxy groups -OCH3 is 1. The maximum absolute atomic E-state index is 15.4. The van der Waals surface area contributed by atoms with Gasteiger partial charge in [0.1, 0.15) is 0 Å². The first kappa shape index (κ1) is 37.3. The number of rotatable bonds is 8. The zero-order chi connectivity index (χ0) is 40.7. The molecule has 4 amide bonds. The lowest BCUT2D eigenvalue weighted by atomic mass is 9.49. The van der Waals surface area contributed by atoms with Crippen LogP contribution in [0.1, 0.15) is 29.9 Å². The van der Waals surface area contributed by atoms with E-state index in [-0.39, 0.29) is 41.4 Å². The van der Waals surface area contributed by atoms with Crippen LogP contribution in [0.5, 0.6) is 11.5 Å². The summed E-state index contributed by atoms with van der Waals surface area (Å²) in [5.74, 6) is -7.54. The quantitative estimate of drug-likeness (QED) is 0.0911. The van der Waals surface area contributed by atoms with Crippen molar-refractivity contribution in [1.82, 2.24) is 0 Å². The number of phenolic OH excluding ortho intramolecular Hbond substituents is 1. The van der Waals surface area contributed by atoms with Crippen LogP contribution in [0.3, 0.4) is 0 Å². The van der Waals surface area contributed by atoms with Gasteiger partial charge in [-0.2, -0.15) is 0 Å². The van der Waals surface area contributed by atoms with Gasteiger partial charge < -0.3 is 14.7 Å². The number of carbonyl (C=O) groups excluding carboxylic acids is 4. The highest BCUT2D eigenvalue weighted by molar-refractivity contribution is 6.32. The smallest absolute Gasteiger partial charge is 0.301 e. The normalized spacial score (nSPS) is 25.1. The monoisotopic (exact) mass is 791 g/mol. The summed E-state index contributed by atoms with van der Waals surface area (Å²) in [5, 5.41) is 35.9. The summed E-state index contributed by atoms with van der Waals surface area (Å²) < 4.78 is 5.34. The molecule has 0 aromatic heterocycles. The summed E-state index contributed by atoms with van der Waals surface area (Å²) >= 11 is 6.38. The number of hydrogen-bond acceptors (Lipinski definition) is 11. The standard InChI is InChI=1S/C41H34ClN5O10/c1-43(2)36-30(46(53)54)18-25(19-31(36)47(55)56)44-37(49)27-14-13-26-28(34(27)39(44)51)20-29-38(50)45(24-11-7-10-23(42)17-24)40(52)41(29,22-8-5-4-6-9-22)35(26)21-12-15-33(57-3)32(48)16-21/h4-13,15-19,27-29,34-35,48H,14,20H2,1-3H3/t27-,28+,29-,34-,35-,41+/m0/s1. The molecule has 6 atom stereocenters. The zero-order valence-corrected chi connectivity index (χ0v) is 31.5. The summed E-state index contributed by atoms with van der Waals surface area (Å²) in [7, 11) is 4.20. The highest BCUT2D eigenvalue weighted by Crippen LogP contribution is 2.65. The van der Waals surface area contributed by atoms with E-state index in [0.29, 0.717) is 21.7 Å². The van der Waals surface area contributed by atoms with E-state index in [9.17, 15) is 39.7 Å². The molecule has 16 heteroatoms. The van der Waals surface area contributed by atoms with E-state index in [2.05, 4.69) is 0 Å². The van der Waals surface area contributed by atoms with Crippen LogP contribution in [0.4, 0.5) is 28.4 Å². The predicted octanol–water partition coefficient (Wildman–Crippen LogP) is 6.30. The Labute approximate surface area is 330 Å². The number of amides is 4. The number of ether oxygens (including phenoxy) is 1. The van der Waals surface area contributed by atoms with Gasteiger partial charge in [0.05, 0.1) is 51.5 Å². The molecule has 2 heterocycles. The number of aromatic hydroxyl groups is 1. The van der Waals surface area contributed by atoms with Crippen molar-refractivity contribution in [2.75, 3.05) is 35.9 Å². The lowest BCUT2D eigenvalue weighted by molar-refractivity contribution is -0.392. The minimum Gasteiger partial charge on any atom is -0.504 e. The number of fused-ring (bicyclic) bond motifs is 4. The Morgan fingerprint density at radius 3 is 2.11 bits per heavy atom. The summed E-state index contributed by atoms with van der Waals surface area (Å²) in [6, 6.07) is 21.9. The predicted molar refractivity (Wildman–Crippen MR) is 207 cm³/mol. The van der Waals surface area contributed by atoms with Crippen molar-refractivity contribution in [2.45, 2.75) is 24.2 Å². The Morgan fingerprint density at radius 1 is 0.825 bits per heavy atom. The fourth-order valence-corrected chi connectivity index (χ4v) is 9.90. The number of anilines is 3. The van der Waals surface area contributed by atoms with Gasteiger partial charge in [-0.1, -0.05) is 65.7 Å². The van der Waals surface area contributed by atoms with E-state index in [4.69, 9.17) is 16.3 Å². The zero-order valence-electron chi connectivity index (χ0n) is 30.7. The van der Waals surface area contributed by atoms with E-state index >= 15 is 4.79 Å². The number of halogens is 1. The molecular formula is C41H34ClN5O10. The second-order valence-electron chi connectivity index (χ2n) is 14.8. The summed E-state index contributed by atoms with van der Waals surface area (Å²) in [5.41, 5.74) is -1.76. The molecule has 0 spiro atoms. The first-order valence-corrected chi connectivity index (χ1v) is 18.4. The molecule has 2 saturated heterocycles. The molecule has 15 nitrogen and oxygen atoms in total. The number of allylic oxidation sites excluding steroid dienone is 2. The molecule has 290 valence electrons. The average molecular weight is 792 g/mol. The van der Waals surface area contributed by atoms with Crippen LogP contribution >= 0.6 is 11.6 Å². The molecular weight excluding hydrogens is 758 g/mol. The molecule has 2 aliphatic heterocycles. The highest BCUT2D eigenvalue weighted by atomic mass is 35.5. The lowest BCUT2D eigenvalue weighted by Crippen LogP contribution is -2.53. The van der Waals surface area contributed by atoms with E-state index < -0.39 is 79.9 Å². The molecule has 3 fully saturated rings. The van der Waals surface area contributed by atoms with Crippen molar-refractivity contribution >= 4 is 63.7 Å². The van der Waals surface area contributed by atoms with Crippen molar-refractivity contribution in [3.63, 3.8) is 0 Å². The molecule has 57 heavy (non-hydrogen) atoms. The van der Waals surface area contributed by atoms with Crippen LogP contribution in [0.15, 0.2) is 96.6 Å². The number of carbonyl (C=O) groups is 4. The fraction of sp³-hybridized carbons (Fsp3) is 0.268. The van der Waals surface area contributed by atoms with Gasteiger partial charge in [0.25, 0.3) is 0 Å². The van der Waals surface area contributed by atoms with E-state index in [1.165, 1.54) is 38.2 Å². The van der Waals surface area contributed by atoms with Crippen LogP contribution in [0, 0.1) is 43.9 Å². The molecule has 4 aliphatic rings.